The van der Waals surface area contributed by atoms with Crippen LogP contribution in [0.1, 0.15) is 27.7 Å². The van der Waals surface area contributed by atoms with Gasteiger partial charge in [0.1, 0.15) is 6.10 Å². The Bertz CT molecular complexity index is 186. The van der Waals surface area contributed by atoms with E-state index in [2.05, 4.69) is 5.32 Å². The number of rotatable bonds is 4. The first kappa shape index (κ1) is 13.4. The van der Waals surface area contributed by atoms with E-state index in [1.54, 1.807) is 6.92 Å². The molecular weight excluding hydrogens is 182 g/mol. The van der Waals surface area contributed by atoms with E-state index in [1.165, 1.54) is 7.11 Å². The summed E-state index contributed by atoms with van der Waals surface area (Å²) in [4.78, 5) is 11.3. The number of nitrogens with one attached hydrogen (secondary N) is 1. The lowest BCUT2D eigenvalue weighted by atomic mass is 9.89. The summed E-state index contributed by atoms with van der Waals surface area (Å²) < 4.78 is 4.84. The third-order valence-electron chi connectivity index (χ3n) is 2.19. The standard InChI is InChI=1S/C10H21NO3/c1-7(14-5)9(13)11-6-8(12)10(2,3)4/h7-8,12H,6H2,1-5H3,(H,11,13). The first-order chi connectivity index (χ1) is 6.29. The second-order valence-corrected chi connectivity index (χ2v) is 4.50. The van der Waals surface area contributed by atoms with Crippen LogP contribution in [0.2, 0.25) is 0 Å². The van der Waals surface area contributed by atoms with Gasteiger partial charge in [0.05, 0.1) is 6.10 Å². The number of ether oxygens (including phenoxy) is 1. The smallest absolute Gasteiger partial charge is 0.248 e. The first-order valence-corrected chi connectivity index (χ1v) is 4.77. The molecule has 0 aromatic carbocycles. The van der Waals surface area contributed by atoms with Gasteiger partial charge in [0.15, 0.2) is 0 Å². The maximum atomic E-state index is 11.3. The lowest BCUT2D eigenvalue weighted by Crippen LogP contribution is -2.42. The minimum Gasteiger partial charge on any atom is -0.391 e. The fourth-order valence-electron chi connectivity index (χ4n) is 0.754. The van der Waals surface area contributed by atoms with Crippen molar-refractivity contribution in [1.29, 1.82) is 0 Å². The Balaban J connectivity index is 3.89. The predicted octanol–water partition coefficient (Wildman–Crippen LogP) is 0.544. The van der Waals surface area contributed by atoms with Gasteiger partial charge >= 0.3 is 0 Å². The van der Waals surface area contributed by atoms with Crippen molar-refractivity contribution in [2.24, 2.45) is 5.41 Å². The van der Waals surface area contributed by atoms with Gasteiger partial charge in [0.2, 0.25) is 5.91 Å². The highest BCUT2D eigenvalue weighted by molar-refractivity contribution is 5.80. The van der Waals surface area contributed by atoms with Crippen LogP contribution < -0.4 is 5.32 Å². The maximum Gasteiger partial charge on any atom is 0.248 e. The average molecular weight is 203 g/mol. The van der Waals surface area contributed by atoms with E-state index in [9.17, 15) is 9.90 Å². The van der Waals surface area contributed by atoms with E-state index in [-0.39, 0.29) is 17.9 Å². The monoisotopic (exact) mass is 203 g/mol. The second-order valence-electron chi connectivity index (χ2n) is 4.50. The Morgan fingerprint density at radius 3 is 2.36 bits per heavy atom. The van der Waals surface area contributed by atoms with Crippen molar-refractivity contribution >= 4 is 5.91 Å². The van der Waals surface area contributed by atoms with Crippen molar-refractivity contribution in [3.8, 4) is 0 Å². The molecular formula is C10H21NO3. The van der Waals surface area contributed by atoms with Gasteiger partial charge in [-0.2, -0.15) is 0 Å². The molecule has 0 heterocycles. The summed E-state index contributed by atoms with van der Waals surface area (Å²) in [6, 6.07) is 0. The topological polar surface area (TPSA) is 58.6 Å². The highest BCUT2D eigenvalue weighted by Gasteiger charge is 2.23. The fourth-order valence-corrected chi connectivity index (χ4v) is 0.754. The summed E-state index contributed by atoms with van der Waals surface area (Å²) in [5.74, 6) is -0.198. The highest BCUT2D eigenvalue weighted by atomic mass is 16.5. The van der Waals surface area contributed by atoms with Gasteiger partial charge in [-0.15, -0.1) is 0 Å². The van der Waals surface area contributed by atoms with E-state index < -0.39 is 12.2 Å². The molecule has 4 nitrogen and oxygen atoms in total. The van der Waals surface area contributed by atoms with Gasteiger partial charge in [0, 0.05) is 13.7 Å². The molecule has 0 aromatic rings. The summed E-state index contributed by atoms with van der Waals surface area (Å²) >= 11 is 0. The third kappa shape index (κ3) is 4.58. The summed E-state index contributed by atoms with van der Waals surface area (Å²) in [6.45, 7) is 7.69. The molecule has 0 aliphatic carbocycles. The van der Waals surface area contributed by atoms with Gasteiger partial charge in [-0.3, -0.25) is 4.79 Å². The average Bonchev–Trinajstić information content (AvgIpc) is 2.10. The predicted molar refractivity (Wildman–Crippen MR) is 54.9 cm³/mol. The van der Waals surface area contributed by atoms with Crippen LogP contribution in [0.3, 0.4) is 0 Å². The Morgan fingerprint density at radius 1 is 1.50 bits per heavy atom. The number of aliphatic hydroxyl groups is 1. The van der Waals surface area contributed by atoms with E-state index in [4.69, 9.17) is 4.74 Å². The molecule has 0 saturated carbocycles. The molecule has 0 bridgehead atoms. The zero-order chi connectivity index (χ0) is 11.4. The molecule has 0 rings (SSSR count). The molecule has 0 aliphatic rings. The summed E-state index contributed by atoms with van der Waals surface area (Å²) in [7, 11) is 1.48. The van der Waals surface area contributed by atoms with Crippen molar-refractivity contribution in [1.82, 2.24) is 5.32 Å². The number of aliphatic hydroxyl groups excluding tert-OH is 1. The van der Waals surface area contributed by atoms with E-state index in [1.807, 2.05) is 20.8 Å². The minimum absolute atomic E-state index is 0.198. The summed E-state index contributed by atoms with van der Waals surface area (Å²) in [6.07, 6.45) is -1.02. The van der Waals surface area contributed by atoms with Crippen molar-refractivity contribution in [3.05, 3.63) is 0 Å². The van der Waals surface area contributed by atoms with Gasteiger partial charge < -0.3 is 15.2 Å². The number of methoxy groups -OCH3 is 1. The van der Waals surface area contributed by atoms with Crippen LogP contribution in [0.25, 0.3) is 0 Å². The van der Waals surface area contributed by atoms with Crippen molar-refractivity contribution in [2.75, 3.05) is 13.7 Å². The molecule has 0 fully saturated rings. The van der Waals surface area contributed by atoms with E-state index in [0.717, 1.165) is 0 Å². The molecule has 2 N–H and O–H groups in total. The van der Waals surface area contributed by atoms with Crippen LogP contribution in [-0.4, -0.2) is 36.9 Å². The van der Waals surface area contributed by atoms with E-state index >= 15 is 0 Å². The molecule has 0 spiro atoms. The van der Waals surface area contributed by atoms with Gasteiger partial charge in [-0.05, 0) is 12.3 Å². The fraction of sp³-hybridized carbons (Fsp3) is 0.900. The molecule has 0 saturated heterocycles. The van der Waals surface area contributed by atoms with Gasteiger partial charge in [-0.25, -0.2) is 0 Å². The molecule has 2 atom stereocenters. The van der Waals surface area contributed by atoms with Crippen LogP contribution in [0.15, 0.2) is 0 Å². The first-order valence-electron chi connectivity index (χ1n) is 4.77. The number of hydrogen-bond donors (Lipinski definition) is 2. The number of carbonyl (C=O) groups is 1. The zero-order valence-electron chi connectivity index (χ0n) is 9.63. The Labute approximate surface area is 85.6 Å². The lowest BCUT2D eigenvalue weighted by molar-refractivity contribution is -0.130. The normalized spacial score (nSPS) is 16.1. The van der Waals surface area contributed by atoms with Crippen LogP contribution in [0, 0.1) is 5.41 Å². The van der Waals surface area contributed by atoms with Crippen LogP contribution in [-0.2, 0) is 9.53 Å². The summed E-state index contributed by atoms with van der Waals surface area (Å²) in [5, 5.41) is 12.3. The van der Waals surface area contributed by atoms with Crippen molar-refractivity contribution < 1.29 is 14.6 Å². The van der Waals surface area contributed by atoms with Crippen LogP contribution >= 0.6 is 0 Å². The maximum absolute atomic E-state index is 11.3. The lowest BCUT2D eigenvalue weighted by Gasteiger charge is -2.26. The van der Waals surface area contributed by atoms with Crippen LogP contribution in [0.5, 0.6) is 0 Å². The molecule has 2 unspecified atom stereocenters. The molecule has 0 aromatic heterocycles. The molecule has 1 amide bonds. The Morgan fingerprint density at radius 2 is 2.00 bits per heavy atom. The van der Waals surface area contributed by atoms with Crippen molar-refractivity contribution in [3.63, 3.8) is 0 Å². The second kappa shape index (κ2) is 5.32. The van der Waals surface area contributed by atoms with Crippen LogP contribution in [0.4, 0.5) is 0 Å². The third-order valence-corrected chi connectivity index (χ3v) is 2.19. The number of amides is 1. The van der Waals surface area contributed by atoms with Gasteiger partial charge in [0.25, 0.3) is 0 Å². The largest absolute Gasteiger partial charge is 0.391 e. The highest BCUT2D eigenvalue weighted by Crippen LogP contribution is 2.18. The SMILES string of the molecule is COC(C)C(=O)NCC(O)C(C)(C)C. The minimum atomic E-state index is -0.546. The number of hydrogen-bond acceptors (Lipinski definition) is 3. The molecule has 4 heteroatoms. The molecule has 0 radical (unpaired) electrons. The zero-order valence-corrected chi connectivity index (χ0v) is 9.63. The summed E-state index contributed by atoms with van der Waals surface area (Å²) in [5.41, 5.74) is -0.219. The van der Waals surface area contributed by atoms with Crippen molar-refractivity contribution in [2.45, 2.75) is 39.9 Å². The Hall–Kier alpha value is -0.610. The Kier molecular flexibility index (Phi) is 5.08. The number of carbonyl (C=O) groups excluding carboxylic acids is 1. The van der Waals surface area contributed by atoms with E-state index in [0.29, 0.717) is 0 Å². The quantitative estimate of drug-likeness (QED) is 0.701. The molecule has 0 aliphatic heterocycles. The molecule has 14 heavy (non-hydrogen) atoms. The molecule has 84 valence electrons. The van der Waals surface area contributed by atoms with Gasteiger partial charge in [-0.1, -0.05) is 20.8 Å².